The van der Waals surface area contributed by atoms with Crippen LogP contribution >= 0.6 is 11.8 Å². The standard InChI is InChI=1S/C51H31N5S/c1-3-14-32(15-4-1)33-26-28-35(29-27-33)49-52-48(34-16-5-2-6-17-34)53-50(54-49)38-30-31-42(37-19-8-7-18-36(37)38)55-41-22-10-9-20-39(41)46-40-21-13-25-45-47(40)56(51(46)55)43-23-11-12-24-44(43)57-45/h1-31H/i2D,5D,6D,16D,17D. The van der Waals surface area contributed by atoms with Gasteiger partial charge in [-0.1, -0.05) is 163 Å². The molecule has 0 bridgehead atoms. The van der Waals surface area contributed by atoms with Crippen molar-refractivity contribution in [2.45, 2.75) is 9.79 Å². The number of benzene rings is 8. The number of fused-ring (bicyclic) bond motifs is 8. The van der Waals surface area contributed by atoms with Gasteiger partial charge in [0.25, 0.3) is 0 Å². The Labute approximate surface area is 339 Å². The molecule has 266 valence electrons. The van der Waals surface area contributed by atoms with E-state index in [4.69, 9.17) is 21.8 Å². The fourth-order valence-corrected chi connectivity index (χ4v) is 9.48. The van der Waals surface area contributed by atoms with Gasteiger partial charge in [-0.15, -0.1) is 0 Å². The fourth-order valence-electron chi connectivity index (χ4n) is 8.39. The molecule has 0 amide bonds. The van der Waals surface area contributed by atoms with Crippen molar-refractivity contribution in [3.8, 4) is 56.7 Å². The van der Waals surface area contributed by atoms with Crippen molar-refractivity contribution in [1.29, 1.82) is 0 Å². The van der Waals surface area contributed by atoms with Crippen LogP contribution in [0.3, 0.4) is 0 Å². The third-order valence-electron chi connectivity index (χ3n) is 10.9. The van der Waals surface area contributed by atoms with Gasteiger partial charge in [0.1, 0.15) is 5.65 Å². The second-order valence-corrected chi connectivity index (χ2v) is 15.1. The summed E-state index contributed by atoms with van der Waals surface area (Å²) in [5, 5.41) is 5.38. The number of aromatic nitrogens is 5. The molecule has 11 aromatic rings. The zero-order chi connectivity index (χ0) is 41.8. The molecule has 8 aromatic carbocycles. The van der Waals surface area contributed by atoms with Gasteiger partial charge in [0.2, 0.25) is 0 Å². The van der Waals surface area contributed by atoms with E-state index in [-0.39, 0.29) is 23.5 Å². The normalized spacial score (nSPS) is 13.4. The molecule has 0 saturated carbocycles. The summed E-state index contributed by atoms with van der Waals surface area (Å²) in [7, 11) is 0. The van der Waals surface area contributed by atoms with Gasteiger partial charge in [0.15, 0.2) is 17.5 Å². The smallest absolute Gasteiger partial charge is 0.164 e. The summed E-state index contributed by atoms with van der Waals surface area (Å²) in [6.07, 6.45) is 0. The van der Waals surface area contributed by atoms with Crippen LogP contribution in [0.1, 0.15) is 6.85 Å². The highest BCUT2D eigenvalue weighted by Crippen LogP contribution is 2.50. The first-order chi connectivity index (χ1) is 30.4. The van der Waals surface area contributed by atoms with E-state index in [0.717, 1.165) is 49.8 Å². The summed E-state index contributed by atoms with van der Waals surface area (Å²) in [6.45, 7) is 0. The molecule has 1 aliphatic heterocycles. The third-order valence-corrected chi connectivity index (χ3v) is 12.0. The number of hydrogen-bond donors (Lipinski definition) is 0. The van der Waals surface area contributed by atoms with E-state index in [2.05, 4.69) is 94.1 Å². The molecule has 1 aliphatic rings. The van der Waals surface area contributed by atoms with Crippen LogP contribution in [0.5, 0.6) is 0 Å². The Hall–Kier alpha value is -7.28. The van der Waals surface area contributed by atoms with E-state index in [1.54, 1.807) is 11.8 Å². The van der Waals surface area contributed by atoms with Crippen LogP contribution in [0.2, 0.25) is 0 Å². The summed E-state index contributed by atoms with van der Waals surface area (Å²) in [5.41, 5.74) is 8.85. The van der Waals surface area contributed by atoms with Gasteiger partial charge >= 0.3 is 0 Å². The van der Waals surface area contributed by atoms with Crippen LogP contribution in [-0.4, -0.2) is 24.1 Å². The molecule has 6 heteroatoms. The highest BCUT2D eigenvalue weighted by atomic mass is 32.2. The van der Waals surface area contributed by atoms with Gasteiger partial charge in [-0.3, -0.25) is 9.13 Å². The molecule has 3 aromatic heterocycles. The summed E-state index contributed by atoms with van der Waals surface area (Å²) >= 11 is 1.80. The highest BCUT2D eigenvalue weighted by molar-refractivity contribution is 7.99. The molecule has 0 spiro atoms. The highest BCUT2D eigenvalue weighted by Gasteiger charge is 2.28. The third kappa shape index (κ3) is 4.94. The molecular weight excluding hydrogens is 715 g/mol. The van der Waals surface area contributed by atoms with E-state index in [0.29, 0.717) is 22.8 Å². The number of para-hydroxylation sites is 3. The zero-order valence-electron chi connectivity index (χ0n) is 35.2. The van der Waals surface area contributed by atoms with E-state index >= 15 is 0 Å². The van der Waals surface area contributed by atoms with Crippen LogP contribution in [-0.2, 0) is 0 Å². The Morgan fingerprint density at radius 2 is 1.05 bits per heavy atom. The molecule has 0 N–H and O–H groups in total. The average molecular weight is 751 g/mol. The minimum absolute atomic E-state index is 0.00767. The lowest BCUT2D eigenvalue weighted by Gasteiger charge is -2.21. The van der Waals surface area contributed by atoms with Crippen LogP contribution in [0.4, 0.5) is 0 Å². The Kier molecular flexibility index (Phi) is 6.06. The Bertz CT molecular complexity index is 3650. The molecule has 0 radical (unpaired) electrons. The van der Waals surface area contributed by atoms with Crippen LogP contribution < -0.4 is 0 Å². The second-order valence-electron chi connectivity index (χ2n) is 14.0. The average Bonchev–Trinajstić information content (AvgIpc) is 3.84. The molecule has 5 nitrogen and oxygen atoms in total. The van der Waals surface area contributed by atoms with Crippen molar-refractivity contribution in [2.75, 3.05) is 0 Å². The molecular formula is C51H31N5S. The molecule has 0 atom stereocenters. The van der Waals surface area contributed by atoms with Crippen molar-refractivity contribution in [3.05, 3.63) is 188 Å². The maximum atomic E-state index is 8.87. The predicted octanol–water partition coefficient (Wildman–Crippen LogP) is 13.2. The lowest BCUT2D eigenvalue weighted by molar-refractivity contribution is 1.03. The zero-order valence-corrected chi connectivity index (χ0v) is 31.0. The maximum absolute atomic E-state index is 8.87. The van der Waals surface area contributed by atoms with Crippen molar-refractivity contribution in [1.82, 2.24) is 24.1 Å². The molecule has 0 saturated heterocycles. The quantitative estimate of drug-likeness (QED) is 0.176. The summed E-state index contributed by atoms with van der Waals surface area (Å²) in [5.74, 6) is 0.619. The summed E-state index contributed by atoms with van der Waals surface area (Å²) in [4.78, 5) is 17.2. The van der Waals surface area contributed by atoms with Gasteiger partial charge < -0.3 is 0 Å². The Morgan fingerprint density at radius 3 is 1.89 bits per heavy atom. The van der Waals surface area contributed by atoms with E-state index in [1.807, 2.05) is 72.8 Å². The molecule has 0 fully saturated rings. The van der Waals surface area contributed by atoms with Gasteiger partial charge in [0, 0.05) is 48.0 Å². The Morgan fingerprint density at radius 1 is 0.421 bits per heavy atom. The van der Waals surface area contributed by atoms with E-state index < -0.39 is 18.1 Å². The van der Waals surface area contributed by atoms with Crippen molar-refractivity contribution >= 4 is 55.4 Å². The molecule has 57 heavy (non-hydrogen) atoms. The van der Waals surface area contributed by atoms with Gasteiger partial charge in [0.05, 0.1) is 29.3 Å². The molecule has 12 rings (SSSR count). The molecule has 0 aliphatic carbocycles. The van der Waals surface area contributed by atoms with E-state index in [9.17, 15) is 0 Å². The largest absolute Gasteiger partial charge is 0.294 e. The lowest BCUT2D eigenvalue weighted by Crippen LogP contribution is -2.06. The molecule has 4 heterocycles. The minimum Gasteiger partial charge on any atom is -0.294 e. The first-order valence-corrected chi connectivity index (χ1v) is 19.5. The fraction of sp³-hybridized carbons (Fsp3) is 0. The first kappa shape index (κ1) is 27.3. The maximum Gasteiger partial charge on any atom is 0.164 e. The predicted molar refractivity (Wildman–Crippen MR) is 234 cm³/mol. The van der Waals surface area contributed by atoms with Crippen molar-refractivity contribution in [2.24, 2.45) is 0 Å². The topological polar surface area (TPSA) is 48.5 Å². The first-order valence-electron chi connectivity index (χ1n) is 21.2. The van der Waals surface area contributed by atoms with Gasteiger partial charge in [-0.05, 0) is 52.9 Å². The van der Waals surface area contributed by atoms with E-state index in [1.165, 1.54) is 26.1 Å². The Balaban J connectivity index is 1.12. The second kappa shape index (κ2) is 12.6. The summed E-state index contributed by atoms with van der Waals surface area (Å²) < 4.78 is 47.8. The summed E-state index contributed by atoms with van der Waals surface area (Å²) in [6, 6.07) is 51.9. The minimum atomic E-state index is -0.480. The van der Waals surface area contributed by atoms with Gasteiger partial charge in [-0.25, -0.2) is 15.0 Å². The lowest BCUT2D eigenvalue weighted by atomic mass is 10.0. The van der Waals surface area contributed by atoms with Crippen molar-refractivity contribution in [3.63, 3.8) is 0 Å². The number of rotatable bonds is 5. The number of hydrogen-bond acceptors (Lipinski definition) is 4. The van der Waals surface area contributed by atoms with Crippen LogP contribution in [0, 0.1) is 0 Å². The van der Waals surface area contributed by atoms with Gasteiger partial charge in [-0.2, -0.15) is 0 Å². The van der Waals surface area contributed by atoms with Crippen molar-refractivity contribution < 1.29 is 6.85 Å². The number of nitrogens with zero attached hydrogens (tertiary/aromatic N) is 5. The van der Waals surface area contributed by atoms with Crippen LogP contribution in [0.15, 0.2) is 198 Å². The van der Waals surface area contributed by atoms with Crippen LogP contribution in [0.25, 0.3) is 100 Å². The monoisotopic (exact) mass is 750 g/mol. The SMILES string of the molecule is [2H]c1c([2H])c([2H])c(-c2nc(-c3ccc(-c4ccccc4)cc3)nc(-c3ccc(-n4c5ccccc5c5c6cccc7c6n(c54)-c4ccccc4S7)c4ccccc34)n2)c([2H])c1[2H]. The molecule has 0 unspecified atom stereocenters.